The molecule has 36 heavy (non-hydrogen) atoms. The molecule has 4 rings (SSSR count). The van der Waals surface area contributed by atoms with E-state index in [1.807, 2.05) is 86.1 Å². The number of ketones is 1. The number of nitrogens with zero attached hydrogens (tertiary/aromatic N) is 4. The highest BCUT2D eigenvalue weighted by Gasteiger charge is 2.57. The molecule has 0 N–H and O–H groups in total. The van der Waals surface area contributed by atoms with Gasteiger partial charge in [-0.05, 0) is 68.4 Å². The van der Waals surface area contributed by atoms with Crippen LogP contribution in [0.25, 0.3) is 11.0 Å². The first-order valence-electron chi connectivity index (χ1n) is 12.4. The van der Waals surface area contributed by atoms with Gasteiger partial charge in [-0.15, -0.1) is 4.99 Å². The van der Waals surface area contributed by atoms with Crippen LogP contribution in [0.1, 0.15) is 80.7 Å². The Morgan fingerprint density at radius 3 is 2.28 bits per heavy atom. The van der Waals surface area contributed by atoms with Crippen molar-refractivity contribution in [3.8, 4) is 0 Å². The molecule has 0 saturated carbocycles. The molecule has 2 aromatic rings. The molecule has 2 aromatic heterocycles. The molecular weight excluding hydrogens is 464 g/mol. The Bertz CT molecular complexity index is 1160. The number of rotatable bonds is 4. The summed E-state index contributed by atoms with van der Waals surface area (Å²) in [5.41, 5.74) is 0.296. The summed E-state index contributed by atoms with van der Waals surface area (Å²) in [7, 11) is 0. The molecule has 198 valence electrons. The fourth-order valence-corrected chi connectivity index (χ4v) is 4.36. The molecule has 2 aliphatic rings. The van der Waals surface area contributed by atoms with Crippen LogP contribution in [0.4, 0.5) is 5.95 Å². The number of fused-ring (bicyclic) bond motifs is 2. The lowest BCUT2D eigenvalue weighted by atomic mass is 10.1. The monoisotopic (exact) mass is 502 g/mol. The minimum atomic E-state index is -0.823. The normalized spacial score (nSPS) is 25.6. The van der Waals surface area contributed by atoms with Gasteiger partial charge in [-0.1, -0.05) is 6.92 Å². The minimum Gasteiger partial charge on any atom is -0.445 e. The van der Waals surface area contributed by atoms with Crippen molar-refractivity contribution in [1.29, 1.82) is 0 Å². The van der Waals surface area contributed by atoms with Crippen LogP contribution in [0.5, 0.6) is 0 Å². The molecule has 2 aliphatic heterocycles. The second-order valence-corrected chi connectivity index (χ2v) is 11.7. The Kier molecular flexibility index (Phi) is 6.68. The highest BCUT2D eigenvalue weighted by molar-refractivity contribution is 5.84. The van der Waals surface area contributed by atoms with E-state index in [2.05, 4.69) is 9.98 Å². The Balaban J connectivity index is 1.76. The lowest BCUT2D eigenvalue weighted by Gasteiger charge is -2.27. The van der Waals surface area contributed by atoms with E-state index >= 15 is 0 Å². The third-order valence-electron chi connectivity index (χ3n) is 5.70. The fourth-order valence-electron chi connectivity index (χ4n) is 4.36. The van der Waals surface area contributed by atoms with Gasteiger partial charge in [0.1, 0.15) is 35.2 Å². The lowest BCUT2D eigenvalue weighted by molar-refractivity contribution is -0.196. The number of hydrogen-bond donors (Lipinski definition) is 0. The van der Waals surface area contributed by atoms with E-state index in [-0.39, 0.29) is 17.8 Å². The Morgan fingerprint density at radius 2 is 1.69 bits per heavy atom. The van der Waals surface area contributed by atoms with Gasteiger partial charge in [0.05, 0.1) is 5.69 Å². The number of carbonyl (C=O) groups is 1. The number of carbonyl (C=O) groups excluding carboxylic acids is 1. The number of aryl methyl sites for hydroxylation is 1. The van der Waals surface area contributed by atoms with Crippen LogP contribution in [0.2, 0.25) is 0 Å². The quantitative estimate of drug-likeness (QED) is 0.435. The van der Waals surface area contributed by atoms with Gasteiger partial charge in [0.2, 0.25) is 0 Å². The summed E-state index contributed by atoms with van der Waals surface area (Å²) >= 11 is 0. The average Bonchev–Trinajstić information content (AvgIpc) is 3.35. The van der Waals surface area contributed by atoms with Gasteiger partial charge in [-0.25, -0.2) is 4.98 Å². The molecule has 0 unspecified atom stereocenters. The largest absolute Gasteiger partial charge is 0.445 e. The van der Waals surface area contributed by atoms with E-state index in [0.717, 1.165) is 11.1 Å². The van der Waals surface area contributed by atoms with Crippen molar-refractivity contribution in [3.05, 3.63) is 18.0 Å². The fraction of sp³-hybridized carbons (Fsp3) is 0.692. The van der Waals surface area contributed by atoms with E-state index < -0.39 is 41.5 Å². The van der Waals surface area contributed by atoms with Crippen LogP contribution in [0.3, 0.4) is 0 Å². The highest BCUT2D eigenvalue weighted by atomic mass is 16.8. The van der Waals surface area contributed by atoms with Crippen molar-refractivity contribution in [2.24, 2.45) is 4.99 Å². The third kappa shape index (κ3) is 5.55. The van der Waals surface area contributed by atoms with Crippen molar-refractivity contribution in [2.45, 2.75) is 117 Å². The third-order valence-corrected chi connectivity index (χ3v) is 5.70. The molecule has 10 nitrogen and oxygen atoms in total. The molecule has 0 spiro atoms. The van der Waals surface area contributed by atoms with E-state index in [9.17, 15) is 4.79 Å². The first kappa shape index (κ1) is 26.5. The molecule has 0 bridgehead atoms. The van der Waals surface area contributed by atoms with E-state index in [1.165, 1.54) is 0 Å². The van der Waals surface area contributed by atoms with Gasteiger partial charge in [0.25, 0.3) is 5.95 Å². The van der Waals surface area contributed by atoms with Gasteiger partial charge in [0, 0.05) is 18.0 Å². The molecule has 10 heteroatoms. The van der Waals surface area contributed by atoms with Gasteiger partial charge < -0.3 is 28.3 Å². The lowest BCUT2D eigenvalue weighted by Crippen LogP contribution is -2.35. The van der Waals surface area contributed by atoms with Crippen molar-refractivity contribution >= 4 is 28.8 Å². The summed E-state index contributed by atoms with van der Waals surface area (Å²) in [5.74, 6) is -0.649. The van der Waals surface area contributed by atoms with Crippen LogP contribution >= 0.6 is 0 Å². The summed E-state index contributed by atoms with van der Waals surface area (Å²) in [6, 6.07) is 1.92. The number of aliphatic imine (C=N–C) groups is 1. The van der Waals surface area contributed by atoms with Crippen molar-refractivity contribution in [2.75, 3.05) is 0 Å². The predicted octanol–water partition coefficient (Wildman–Crippen LogP) is 4.75. The van der Waals surface area contributed by atoms with Crippen molar-refractivity contribution in [3.63, 3.8) is 0 Å². The van der Waals surface area contributed by atoms with E-state index in [1.54, 1.807) is 0 Å². The summed E-state index contributed by atoms with van der Waals surface area (Å²) in [5, 5.41) is 0.840. The average molecular weight is 503 g/mol. The van der Waals surface area contributed by atoms with Gasteiger partial charge >= 0.3 is 6.08 Å². The first-order chi connectivity index (χ1) is 16.6. The molecule has 2 fully saturated rings. The second kappa shape index (κ2) is 9.08. The molecule has 0 radical (unpaired) electrons. The zero-order valence-electron chi connectivity index (χ0n) is 22.9. The summed E-state index contributed by atoms with van der Waals surface area (Å²) in [6.07, 6.45) is 0.0272. The zero-order valence-corrected chi connectivity index (χ0v) is 22.9. The smallest absolute Gasteiger partial charge is 0.392 e. The summed E-state index contributed by atoms with van der Waals surface area (Å²) in [4.78, 5) is 26.5. The van der Waals surface area contributed by atoms with Crippen LogP contribution in [-0.2, 0) is 28.5 Å². The molecule has 4 atom stereocenters. The highest BCUT2D eigenvalue weighted by Crippen LogP contribution is 2.44. The molecule has 2 saturated heterocycles. The predicted molar refractivity (Wildman–Crippen MR) is 134 cm³/mol. The van der Waals surface area contributed by atoms with E-state index in [4.69, 9.17) is 28.7 Å². The maximum absolute atomic E-state index is 12.7. The Morgan fingerprint density at radius 1 is 1.08 bits per heavy atom. The summed E-state index contributed by atoms with van der Waals surface area (Å²) < 4.78 is 32.3. The SMILES string of the molecule is CCC(=O)[C@H]1O[C@@H](n2ccc3c(C)nc(N=C(OC(C)(C)C)OC(C)(C)C)nc32)[C@@H]2OC(C)(C)O[C@@H]21. The van der Waals surface area contributed by atoms with Crippen LogP contribution in [-0.4, -0.2) is 61.7 Å². The minimum absolute atomic E-state index is 0.0235. The van der Waals surface area contributed by atoms with Gasteiger partial charge in [-0.3, -0.25) is 4.79 Å². The second-order valence-electron chi connectivity index (χ2n) is 11.7. The van der Waals surface area contributed by atoms with Crippen molar-refractivity contribution < 1.29 is 28.5 Å². The molecule has 0 aromatic carbocycles. The Labute approximate surface area is 212 Å². The molecular formula is C26H38N4O6. The zero-order chi connectivity index (χ0) is 26.6. The number of Topliss-reactive ketones (excluding diaryl/α,β-unsaturated/α-hetero) is 1. The number of hydrogen-bond acceptors (Lipinski definition) is 9. The van der Waals surface area contributed by atoms with Crippen LogP contribution in [0.15, 0.2) is 17.3 Å². The first-order valence-corrected chi connectivity index (χ1v) is 12.4. The van der Waals surface area contributed by atoms with Gasteiger partial charge in [0.15, 0.2) is 17.8 Å². The molecule has 0 amide bonds. The molecule has 0 aliphatic carbocycles. The standard InChI is InChI=1S/C26H38N4O6/c1-11-16(31)17-18-19(34-26(9,10)33-18)21(32-17)30-13-12-15-14(2)27-22(28-20(15)30)29-23(35-24(3,4)5)36-25(6,7)8/h12-13,17-19,21H,11H2,1-10H3/t17-,18-,19-,21-/m1/s1. The maximum Gasteiger partial charge on any atom is 0.392 e. The maximum atomic E-state index is 12.7. The molecule has 4 heterocycles. The number of aromatic nitrogens is 3. The van der Waals surface area contributed by atoms with E-state index in [0.29, 0.717) is 12.1 Å². The Hall–Kier alpha value is -2.56. The number of ether oxygens (including phenoxy) is 5. The summed E-state index contributed by atoms with van der Waals surface area (Å²) in [6.45, 7) is 18.9. The van der Waals surface area contributed by atoms with Gasteiger partial charge in [-0.2, -0.15) is 4.98 Å². The topological polar surface area (TPSA) is 106 Å². The van der Waals surface area contributed by atoms with Crippen LogP contribution in [0, 0.1) is 6.92 Å². The van der Waals surface area contributed by atoms with Crippen LogP contribution < -0.4 is 0 Å². The van der Waals surface area contributed by atoms with Crippen molar-refractivity contribution in [1.82, 2.24) is 14.5 Å².